The van der Waals surface area contributed by atoms with Crippen LogP contribution in [-0.4, -0.2) is 49.0 Å². The van der Waals surface area contributed by atoms with Crippen molar-refractivity contribution in [3.05, 3.63) is 28.8 Å². The van der Waals surface area contributed by atoms with Gasteiger partial charge in [-0.1, -0.05) is 11.6 Å². The highest BCUT2D eigenvalue weighted by Gasteiger charge is 2.26. The second-order valence-corrected chi connectivity index (χ2v) is 6.07. The maximum atomic E-state index is 12.8. The zero-order valence-corrected chi connectivity index (χ0v) is 13.6. The number of carbonyl (C=O) groups is 1. The van der Waals surface area contributed by atoms with Crippen LogP contribution in [0.25, 0.3) is 0 Å². The lowest BCUT2D eigenvalue weighted by molar-refractivity contribution is 0.0814. The average molecular weight is 311 g/mol. The minimum atomic E-state index is -0.167. The van der Waals surface area contributed by atoms with Gasteiger partial charge in [-0.05, 0) is 39.0 Å². The first-order valence-corrected chi connectivity index (χ1v) is 7.82. The van der Waals surface area contributed by atoms with Gasteiger partial charge in [-0.15, -0.1) is 0 Å². The SMILES string of the molecule is CC(C)Oc1ccc(Cl)cc1C(=O)C(C)N1CCNCC1. The van der Waals surface area contributed by atoms with Crippen LogP contribution >= 0.6 is 11.6 Å². The van der Waals surface area contributed by atoms with Gasteiger partial charge in [0.2, 0.25) is 0 Å². The summed E-state index contributed by atoms with van der Waals surface area (Å²) in [6, 6.07) is 5.08. The molecule has 1 aromatic carbocycles. The maximum Gasteiger partial charge on any atom is 0.183 e. The fourth-order valence-electron chi connectivity index (χ4n) is 2.51. The summed E-state index contributed by atoms with van der Waals surface area (Å²) in [6.45, 7) is 9.45. The number of piperazine rings is 1. The van der Waals surface area contributed by atoms with Crippen LogP contribution in [-0.2, 0) is 0 Å². The van der Waals surface area contributed by atoms with Crippen LogP contribution in [0.2, 0.25) is 5.02 Å². The number of ether oxygens (including phenoxy) is 1. The molecule has 21 heavy (non-hydrogen) atoms. The molecule has 1 aromatic rings. The number of hydrogen-bond donors (Lipinski definition) is 1. The Hall–Kier alpha value is -1.10. The number of Topliss-reactive ketones (excluding diaryl/α,β-unsaturated/α-hetero) is 1. The van der Waals surface area contributed by atoms with Crippen LogP contribution in [0, 0.1) is 0 Å². The van der Waals surface area contributed by atoms with Gasteiger partial charge in [-0.3, -0.25) is 9.69 Å². The smallest absolute Gasteiger partial charge is 0.183 e. The molecule has 1 N–H and O–H groups in total. The first kappa shape index (κ1) is 16.3. The molecule has 1 fully saturated rings. The van der Waals surface area contributed by atoms with E-state index in [1.54, 1.807) is 18.2 Å². The standard InChI is InChI=1S/C16H23ClN2O2/c1-11(2)21-15-5-4-13(17)10-14(15)16(20)12(3)19-8-6-18-7-9-19/h4-5,10-12,18H,6-9H2,1-3H3. The Kier molecular flexibility index (Phi) is 5.62. The molecule has 0 radical (unpaired) electrons. The van der Waals surface area contributed by atoms with Crippen molar-refractivity contribution < 1.29 is 9.53 Å². The highest BCUT2D eigenvalue weighted by molar-refractivity contribution is 6.31. The molecule has 2 rings (SSSR count). The largest absolute Gasteiger partial charge is 0.490 e. The van der Waals surface area contributed by atoms with Crippen LogP contribution in [0.1, 0.15) is 31.1 Å². The van der Waals surface area contributed by atoms with E-state index >= 15 is 0 Å². The van der Waals surface area contributed by atoms with Crippen LogP contribution < -0.4 is 10.1 Å². The molecule has 0 bridgehead atoms. The lowest BCUT2D eigenvalue weighted by Crippen LogP contribution is -2.50. The zero-order valence-electron chi connectivity index (χ0n) is 12.9. The molecule has 0 saturated carbocycles. The highest BCUT2D eigenvalue weighted by Crippen LogP contribution is 2.26. The Bertz CT molecular complexity index is 499. The number of halogens is 1. The molecule has 1 heterocycles. The van der Waals surface area contributed by atoms with Gasteiger partial charge >= 0.3 is 0 Å². The summed E-state index contributed by atoms with van der Waals surface area (Å²) in [7, 11) is 0. The third-order valence-electron chi connectivity index (χ3n) is 3.65. The predicted octanol–water partition coefficient (Wildman–Crippen LogP) is 2.60. The minimum absolute atomic E-state index is 0.0206. The van der Waals surface area contributed by atoms with Crippen molar-refractivity contribution >= 4 is 17.4 Å². The van der Waals surface area contributed by atoms with E-state index in [2.05, 4.69) is 10.2 Å². The van der Waals surface area contributed by atoms with Gasteiger partial charge in [0.25, 0.3) is 0 Å². The van der Waals surface area contributed by atoms with Crippen molar-refractivity contribution in [2.24, 2.45) is 0 Å². The van der Waals surface area contributed by atoms with E-state index < -0.39 is 0 Å². The molecule has 1 aliphatic heterocycles. The molecule has 1 unspecified atom stereocenters. The lowest BCUT2D eigenvalue weighted by Gasteiger charge is -2.32. The van der Waals surface area contributed by atoms with E-state index in [1.807, 2.05) is 20.8 Å². The van der Waals surface area contributed by atoms with E-state index in [9.17, 15) is 4.79 Å². The monoisotopic (exact) mass is 310 g/mol. The second kappa shape index (κ2) is 7.25. The first-order valence-electron chi connectivity index (χ1n) is 7.44. The van der Waals surface area contributed by atoms with Crippen LogP contribution in [0.15, 0.2) is 18.2 Å². The predicted molar refractivity (Wildman–Crippen MR) is 85.5 cm³/mol. The van der Waals surface area contributed by atoms with Crippen LogP contribution in [0.3, 0.4) is 0 Å². The second-order valence-electron chi connectivity index (χ2n) is 5.63. The highest BCUT2D eigenvalue weighted by atomic mass is 35.5. The number of ketones is 1. The molecule has 0 amide bonds. The van der Waals surface area contributed by atoms with Crippen LogP contribution in [0.4, 0.5) is 0 Å². The van der Waals surface area contributed by atoms with Crippen molar-refractivity contribution in [1.82, 2.24) is 10.2 Å². The number of rotatable bonds is 5. The summed E-state index contributed by atoms with van der Waals surface area (Å²) in [5.41, 5.74) is 0.572. The van der Waals surface area contributed by atoms with Gasteiger partial charge in [-0.25, -0.2) is 0 Å². The summed E-state index contributed by atoms with van der Waals surface area (Å²) in [6.07, 6.45) is 0.0206. The summed E-state index contributed by atoms with van der Waals surface area (Å²) < 4.78 is 5.75. The minimum Gasteiger partial charge on any atom is -0.490 e. The van der Waals surface area contributed by atoms with Gasteiger partial charge in [0.1, 0.15) is 5.75 Å². The molecule has 0 aliphatic carbocycles. The molecular weight excluding hydrogens is 288 g/mol. The molecule has 0 aromatic heterocycles. The topological polar surface area (TPSA) is 41.6 Å². The fourth-order valence-corrected chi connectivity index (χ4v) is 2.68. The summed E-state index contributed by atoms with van der Waals surface area (Å²) >= 11 is 6.06. The summed E-state index contributed by atoms with van der Waals surface area (Å²) in [5, 5.41) is 3.85. The third kappa shape index (κ3) is 4.19. The van der Waals surface area contributed by atoms with Crippen molar-refractivity contribution in [3.63, 3.8) is 0 Å². The first-order chi connectivity index (χ1) is 9.99. The molecule has 1 saturated heterocycles. The fraction of sp³-hybridized carbons (Fsp3) is 0.562. The Morgan fingerprint density at radius 2 is 1.95 bits per heavy atom. The molecule has 1 atom stereocenters. The Balaban J connectivity index is 2.22. The van der Waals surface area contributed by atoms with Gasteiger partial charge in [0, 0.05) is 31.2 Å². The normalized spacial score (nSPS) is 17.8. The number of carbonyl (C=O) groups excluding carboxylic acids is 1. The van der Waals surface area contributed by atoms with Crippen molar-refractivity contribution in [1.29, 1.82) is 0 Å². The van der Waals surface area contributed by atoms with Gasteiger partial charge in [0.15, 0.2) is 5.78 Å². The quantitative estimate of drug-likeness (QED) is 0.849. The summed E-state index contributed by atoms with van der Waals surface area (Å²) in [4.78, 5) is 15.0. The molecule has 0 spiro atoms. The number of nitrogens with zero attached hydrogens (tertiary/aromatic N) is 1. The molecular formula is C16H23ClN2O2. The molecule has 5 heteroatoms. The Morgan fingerprint density at radius 3 is 2.57 bits per heavy atom. The van der Waals surface area contributed by atoms with E-state index in [0.29, 0.717) is 16.3 Å². The van der Waals surface area contributed by atoms with Gasteiger partial charge in [0.05, 0.1) is 17.7 Å². The number of benzene rings is 1. The van der Waals surface area contributed by atoms with Crippen molar-refractivity contribution in [3.8, 4) is 5.75 Å². The van der Waals surface area contributed by atoms with Crippen LogP contribution in [0.5, 0.6) is 5.75 Å². The van der Waals surface area contributed by atoms with E-state index in [-0.39, 0.29) is 17.9 Å². The van der Waals surface area contributed by atoms with Crippen molar-refractivity contribution in [2.45, 2.75) is 32.9 Å². The maximum absolute atomic E-state index is 12.8. The third-order valence-corrected chi connectivity index (χ3v) is 3.88. The molecule has 1 aliphatic rings. The van der Waals surface area contributed by atoms with E-state index in [1.165, 1.54) is 0 Å². The Morgan fingerprint density at radius 1 is 1.29 bits per heavy atom. The van der Waals surface area contributed by atoms with Crippen molar-refractivity contribution in [2.75, 3.05) is 26.2 Å². The van der Waals surface area contributed by atoms with Gasteiger partial charge in [-0.2, -0.15) is 0 Å². The zero-order chi connectivity index (χ0) is 15.4. The lowest BCUT2D eigenvalue weighted by atomic mass is 10.0. The number of hydrogen-bond acceptors (Lipinski definition) is 4. The molecule has 116 valence electrons. The summed E-state index contributed by atoms with van der Waals surface area (Å²) in [5.74, 6) is 0.677. The average Bonchev–Trinajstić information content (AvgIpc) is 2.48. The van der Waals surface area contributed by atoms with Gasteiger partial charge < -0.3 is 10.1 Å². The molecule has 4 nitrogen and oxygen atoms in total. The van der Waals surface area contributed by atoms with E-state index in [4.69, 9.17) is 16.3 Å². The Labute approximate surface area is 131 Å². The van der Waals surface area contributed by atoms with E-state index in [0.717, 1.165) is 26.2 Å². The number of nitrogens with one attached hydrogen (secondary N) is 1.